The van der Waals surface area contributed by atoms with E-state index < -0.39 is 0 Å². The van der Waals surface area contributed by atoms with Crippen LogP contribution in [0.2, 0.25) is 0 Å². The van der Waals surface area contributed by atoms with Crippen LogP contribution in [0.5, 0.6) is 0 Å². The SMILES string of the molecule is CCCNc1cc(C(C)(C)C)nc(CSC2CCCC2)n1. The van der Waals surface area contributed by atoms with Gasteiger partial charge in [0.2, 0.25) is 0 Å². The van der Waals surface area contributed by atoms with E-state index in [4.69, 9.17) is 9.97 Å². The van der Waals surface area contributed by atoms with Gasteiger partial charge in [-0.15, -0.1) is 0 Å². The Balaban J connectivity index is 2.09. The normalized spacial score (nSPS) is 16.4. The lowest BCUT2D eigenvalue weighted by Crippen LogP contribution is -2.17. The van der Waals surface area contributed by atoms with Crippen LogP contribution in [-0.4, -0.2) is 21.8 Å². The second-order valence-electron chi connectivity index (χ2n) is 6.95. The Bertz CT molecular complexity index is 448. The average molecular weight is 308 g/mol. The second-order valence-corrected chi connectivity index (χ2v) is 8.24. The molecule has 2 rings (SSSR count). The van der Waals surface area contributed by atoms with Gasteiger partial charge in [-0.05, 0) is 19.3 Å². The number of nitrogens with zero attached hydrogens (tertiary/aromatic N) is 2. The molecule has 0 aliphatic heterocycles. The van der Waals surface area contributed by atoms with Gasteiger partial charge in [0.1, 0.15) is 11.6 Å². The molecule has 1 fully saturated rings. The lowest BCUT2D eigenvalue weighted by atomic mass is 9.92. The van der Waals surface area contributed by atoms with Crippen LogP contribution in [0, 0.1) is 0 Å². The van der Waals surface area contributed by atoms with Gasteiger partial charge in [-0.2, -0.15) is 11.8 Å². The Hall–Kier alpha value is -0.770. The first kappa shape index (κ1) is 16.6. The van der Waals surface area contributed by atoms with Crippen molar-refractivity contribution in [1.82, 2.24) is 9.97 Å². The van der Waals surface area contributed by atoms with Crippen molar-refractivity contribution in [3.8, 4) is 0 Å². The van der Waals surface area contributed by atoms with Crippen LogP contribution in [0.25, 0.3) is 0 Å². The van der Waals surface area contributed by atoms with Crippen LogP contribution in [0.15, 0.2) is 6.07 Å². The maximum absolute atomic E-state index is 4.80. The van der Waals surface area contributed by atoms with Gasteiger partial charge in [-0.1, -0.05) is 40.5 Å². The lowest BCUT2D eigenvalue weighted by molar-refractivity contribution is 0.564. The molecular weight excluding hydrogens is 278 g/mol. The highest BCUT2D eigenvalue weighted by Crippen LogP contribution is 2.31. The minimum Gasteiger partial charge on any atom is -0.370 e. The van der Waals surface area contributed by atoms with Crippen LogP contribution in [0.4, 0.5) is 5.82 Å². The van der Waals surface area contributed by atoms with Crippen molar-refractivity contribution in [2.24, 2.45) is 0 Å². The Kier molecular flexibility index (Phi) is 5.91. The molecule has 0 aromatic carbocycles. The highest BCUT2D eigenvalue weighted by atomic mass is 32.2. The molecule has 0 atom stereocenters. The third kappa shape index (κ3) is 5.17. The lowest BCUT2D eigenvalue weighted by Gasteiger charge is -2.20. The van der Waals surface area contributed by atoms with Crippen molar-refractivity contribution in [3.63, 3.8) is 0 Å². The molecule has 0 unspecified atom stereocenters. The second kappa shape index (κ2) is 7.48. The maximum atomic E-state index is 4.80. The van der Waals surface area contributed by atoms with Crippen molar-refractivity contribution in [3.05, 3.63) is 17.6 Å². The van der Waals surface area contributed by atoms with Gasteiger partial charge in [-0.3, -0.25) is 0 Å². The third-order valence-corrected chi connectivity index (χ3v) is 5.22. The quantitative estimate of drug-likeness (QED) is 0.821. The number of aromatic nitrogens is 2. The predicted octanol–water partition coefficient (Wildman–Crippen LogP) is 4.77. The predicted molar refractivity (Wildman–Crippen MR) is 93.1 cm³/mol. The first-order valence-corrected chi connectivity index (χ1v) is 9.28. The molecule has 1 N–H and O–H groups in total. The van der Waals surface area contributed by atoms with Gasteiger partial charge < -0.3 is 5.32 Å². The first-order valence-electron chi connectivity index (χ1n) is 8.23. The topological polar surface area (TPSA) is 37.8 Å². The summed E-state index contributed by atoms with van der Waals surface area (Å²) >= 11 is 2.04. The molecule has 1 aromatic heterocycles. The summed E-state index contributed by atoms with van der Waals surface area (Å²) in [6.07, 6.45) is 6.63. The third-order valence-electron chi connectivity index (χ3n) is 3.85. The van der Waals surface area contributed by atoms with Crippen molar-refractivity contribution < 1.29 is 0 Å². The smallest absolute Gasteiger partial charge is 0.140 e. The van der Waals surface area contributed by atoms with E-state index in [1.807, 2.05) is 11.8 Å². The number of rotatable bonds is 6. The highest BCUT2D eigenvalue weighted by Gasteiger charge is 2.20. The molecule has 4 heteroatoms. The van der Waals surface area contributed by atoms with E-state index >= 15 is 0 Å². The van der Waals surface area contributed by atoms with Gasteiger partial charge in [0.25, 0.3) is 0 Å². The van der Waals surface area contributed by atoms with E-state index in [1.54, 1.807) is 0 Å². The van der Waals surface area contributed by atoms with Crippen LogP contribution < -0.4 is 5.32 Å². The maximum Gasteiger partial charge on any atom is 0.140 e. The molecule has 1 aliphatic carbocycles. The summed E-state index contributed by atoms with van der Waals surface area (Å²) in [4.78, 5) is 9.50. The zero-order chi connectivity index (χ0) is 15.3. The molecule has 21 heavy (non-hydrogen) atoms. The molecule has 0 bridgehead atoms. The van der Waals surface area contributed by atoms with Crippen LogP contribution in [0.1, 0.15) is 71.3 Å². The van der Waals surface area contributed by atoms with Gasteiger partial charge in [0.15, 0.2) is 0 Å². The number of nitrogens with one attached hydrogen (secondary N) is 1. The molecule has 1 aromatic rings. The van der Waals surface area contributed by atoms with Gasteiger partial charge >= 0.3 is 0 Å². The molecular formula is C17H29N3S. The standard InChI is InChI=1S/C17H29N3S/c1-5-10-18-15-11-14(17(2,3)4)19-16(20-15)12-21-13-8-6-7-9-13/h11,13H,5-10,12H2,1-4H3,(H,18,19,20). The zero-order valence-electron chi connectivity index (χ0n) is 13.9. The van der Waals surface area contributed by atoms with Crippen molar-refractivity contribution in [2.75, 3.05) is 11.9 Å². The fraction of sp³-hybridized carbons (Fsp3) is 0.765. The van der Waals surface area contributed by atoms with Gasteiger partial charge in [0.05, 0.1) is 11.4 Å². The molecule has 0 spiro atoms. The highest BCUT2D eigenvalue weighted by molar-refractivity contribution is 7.99. The van der Waals surface area contributed by atoms with Crippen LogP contribution >= 0.6 is 11.8 Å². The summed E-state index contributed by atoms with van der Waals surface area (Å²) in [5.74, 6) is 2.91. The van der Waals surface area contributed by atoms with E-state index in [2.05, 4.69) is 39.1 Å². The fourth-order valence-electron chi connectivity index (χ4n) is 2.54. The summed E-state index contributed by atoms with van der Waals surface area (Å²) in [5, 5.41) is 4.23. The summed E-state index contributed by atoms with van der Waals surface area (Å²) < 4.78 is 0. The monoisotopic (exact) mass is 307 g/mol. The van der Waals surface area contributed by atoms with Gasteiger partial charge in [-0.25, -0.2) is 9.97 Å². The molecule has 1 heterocycles. The first-order chi connectivity index (χ1) is 9.99. The summed E-state index contributed by atoms with van der Waals surface area (Å²) in [7, 11) is 0. The molecule has 1 saturated carbocycles. The molecule has 118 valence electrons. The minimum atomic E-state index is 0.0678. The number of thioether (sulfide) groups is 1. The number of hydrogen-bond acceptors (Lipinski definition) is 4. The fourth-order valence-corrected chi connectivity index (χ4v) is 3.72. The molecule has 0 saturated heterocycles. The Morgan fingerprint density at radius 2 is 1.95 bits per heavy atom. The Morgan fingerprint density at radius 3 is 2.57 bits per heavy atom. The van der Waals surface area contributed by atoms with Gasteiger partial charge in [0, 0.05) is 23.3 Å². The summed E-state index contributed by atoms with van der Waals surface area (Å²) in [5.41, 5.74) is 1.20. The van der Waals surface area contributed by atoms with Crippen molar-refractivity contribution in [2.45, 2.75) is 76.2 Å². The van der Waals surface area contributed by atoms with Crippen LogP contribution in [0.3, 0.4) is 0 Å². The largest absolute Gasteiger partial charge is 0.370 e. The Labute approximate surface area is 133 Å². The van der Waals surface area contributed by atoms with E-state index in [0.717, 1.165) is 41.3 Å². The van der Waals surface area contributed by atoms with E-state index in [-0.39, 0.29) is 5.41 Å². The van der Waals surface area contributed by atoms with E-state index in [9.17, 15) is 0 Å². The number of anilines is 1. The average Bonchev–Trinajstić information content (AvgIpc) is 2.95. The van der Waals surface area contributed by atoms with E-state index in [1.165, 1.54) is 25.7 Å². The molecule has 0 radical (unpaired) electrons. The molecule has 0 amide bonds. The molecule has 1 aliphatic rings. The Morgan fingerprint density at radius 1 is 1.24 bits per heavy atom. The number of hydrogen-bond donors (Lipinski definition) is 1. The van der Waals surface area contributed by atoms with Crippen molar-refractivity contribution >= 4 is 17.6 Å². The van der Waals surface area contributed by atoms with Crippen molar-refractivity contribution in [1.29, 1.82) is 0 Å². The molecule has 3 nitrogen and oxygen atoms in total. The van der Waals surface area contributed by atoms with E-state index in [0.29, 0.717) is 0 Å². The minimum absolute atomic E-state index is 0.0678. The van der Waals surface area contributed by atoms with Crippen LogP contribution in [-0.2, 0) is 11.2 Å². The summed E-state index contributed by atoms with van der Waals surface area (Å²) in [6.45, 7) is 9.79. The zero-order valence-corrected chi connectivity index (χ0v) is 14.7. The summed E-state index contributed by atoms with van der Waals surface area (Å²) in [6, 6.07) is 2.11.